The topological polar surface area (TPSA) is 37.8 Å². The SMILES string of the molecule is CCCNC(c1cnns1)C1CCC(CC)CC1. The van der Waals surface area contributed by atoms with E-state index in [1.54, 1.807) is 11.5 Å². The minimum atomic E-state index is 0.489. The van der Waals surface area contributed by atoms with Crippen molar-refractivity contribution < 1.29 is 0 Å². The predicted molar refractivity (Wildman–Crippen MR) is 76.7 cm³/mol. The highest BCUT2D eigenvalue weighted by Gasteiger charge is 2.28. The van der Waals surface area contributed by atoms with Gasteiger partial charge in [0, 0.05) is 6.04 Å². The molecule has 1 heterocycles. The molecule has 3 nitrogen and oxygen atoms in total. The molecular weight excluding hydrogens is 242 g/mol. The minimum absolute atomic E-state index is 0.489. The first-order valence-electron chi connectivity index (χ1n) is 7.35. The molecule has 1 aliphatic carbocycles. The molecule has 2 rings (SSSR count). The molecule has 0 amide bonds. The number of aromatic nitrogens is 2. The lowest BCUT2D eigenvalue weighted by Crippen LogP contribution is -2.31. The summed E-state index contributed by atoms with van der Waals surface area (Å²) in [6.07, 6.45) is 10.0. The van der Waals surface area contributed by atoms with Crippen molar-refractivity contribution in [2.75, 3.05) is 6.54 Å². The first kappa shape index (κ1) is 13.9. The highest BCUT2D eigenvalue weighted by molar-refractivity contribution is 7.05. The Bertz CT molecular complexity index is 318. The van der Waals surface area contributed by atoms with E-state index in [0.717, 1.165) is 18.4 Å². The van der Waals surface area contributed by atoms with Crippen molar-refractivity contribution in [3.05, 3.63) is 11.1 Å². The Hall–Kier alpha value is -0.480. The summed E-state index contributed by atoms with van der Waals surface area (Å²) in [6.45, 7) is 5.64. The van der Waals surface area contributed by atoms with Gasteiger partial charge >= 0.3 is 0 Å². The lowest BCUT2D eigenvalue weighted by Gasteiger charge is -2.33. The largest absolute Gasteiger partial charge is 0.309 e. The summed E-state index contributed by atoms with van der Waals surface area (Å²) in [5.41, 5.74) is 0. The molecule has 1 aromatic heterocycles. The van der Waals surface area contributed by atoms with Crippen molar-refractivity contribution in [2.24, 2.45) is 11.8 Å². The number of rotatable bonds is 6. The van der Waals surface area contributed by atoms with Crippen molar-refractivity contribution >= 4 is 11.5 Å². The zero-order valence-electron chi connectivity index (χ0n) is 11.6. The van der Waals surface area contributed by atoms with Gasteiger partial charge in [-0.2, -0.15) is 0 Å². The van der Waals surface area contributed by atoms with Crippen LogP contribution in [0.2, 0.25) is 0 Å². The summed E-state index contributed by atoms with van der Waals surface area (Å²) in [6, 6.07) is 0.489. The maximum Gasteiger partial charge on any atom is 0.0669 e. The van der Waals surface area contributed by atoms with Crippen LogP contribution in [0.1, 0.15) is 63.3 Å². The molecule has 0 bridgehead atoms. The van der Waals surface area contributed by atoms with Crippen molar-refractivity contribution in [1.29, 1.82) is 0 Å². The Morgan fingerprint density at radius 3 is 2.67 bits per heavy atom. The lowest BCUT2D eigenvalue weighted by molar-refractivity contribution is 0.220. The van der Waals surface area contributed by atoms with Crippen LogP contribution in [0.25, 0.3) is 0 Å². The van der Waals surface area contributed by atoms with E-state index >= 15 is 0 Å². The molecule has 1 atom stereocenters. The van der Waals surface area contributed by atoms with Crippen molar-refractivity contribution in [3.63, 3.8) is 0 Å². The fourth-order valence-corrected chi connectivity index (χ4v) is 3.71. The standard InChI is InChI=1S/C14H25N3S/c1-3-9-15-14(13-10-16-17-18-13)12-7-5-11(4-2)6-8-12/h10-12,14-15H,3-9H2,1-2H3. The van der Waals surface area contributed by atoms with Crippen LogP contribution in [0.5, 0.6) is 0 Å². The van der Waals surface area contributed by atoms with Crippen molar-refractivity contribution in [1.82, 2.24) is 14.9 Å². The Labute approximate surface area is 115 Å². The molecule has 1 unspecified atom stereocenters. The highest BCUT2D eigenvalue weighted by Crippen LogP contribution is 2.38. The van der Waals surface area contributed by atoms with Gasteiger partial charge in [-0.1, -0.05) is 37.6 Å². The number of nitrogens with zero attached hydrogens (tertiary/aromatic N) is 2. The Morgan fingerprint density at radius 2 is 2.11 bits per heavy atom. The van der Waals surface area contributed by atoms with E-state index in [1.165, 1.54) is 43.4 Å². The molecule has 1 aromatic rings. The summed E-state index contributed by atoms with van der Waals surface area (Å²) in [5.74, 6) is 1.74. The average Bonchev–Trinajstić information content (AvgIpc) is 2.94. The first-order valence-corrected chi connectivity index (χ1v) is 8.13. The van der Waals surface area contributed by atoms with Crippen LogP contribution in [-0.4, -0.2) is 16.1 Å². The van der Waals surface area contributed by atoms with Gasteiger partial charge in [-0.15, -0.1) is 5.10 Å². The second kappa shape index (κ2) is 7.19. The molecule has 0 aromatic carbocycles. The van der Waals surface area contributed by atoms with Gasteiger partial charge in [0.25, 0.3) is 0 Å². The summed E-state index contributed by atoms with van der Waals surface area (Å²) in [4.78, 5) is 1.32. The smallest absolute Gasteiger partial charge is 0.0669 e. The normalized spacial score (nSPS) is 26.1. The van der Waals surface area contributed by atoms with Crippen molar-refractivity contribution in [3.8, 4) is 0 Å². The Balaban J connectivity index is 1.96. The third kappa shape index (κ3) is 3.51. The predicted octanol–water partition coefficient (Wildman–Crippen LogP) is 3.80. The van der Waals surface area contributed by atoms with Crippen molar-refractivity contribution in [2.45, 2.75) is 58.4 Å². The summed E-state index contributed by atoms with van der Waals surface area (Å²) in [5, 5.41) is 7.71. The molecule has 4 heteroatoms. The van der Waals surface area contributed by atoms with Gasteiger partial charge in [0.05, 0.1) is 11.1 Å². The maximum atomic E-state index is 4.03. The molecule has 1 N–H and O–H groups in total. The van der Waals surface area contributed by atoms with Crippen LogP contribution >= 0.6 is 11.5 Å². The third-order valence-electron chi connectivity index (χ3n) is 4.24. The minimum Gasteiger partial charge on any atom is -0.309 e. The molecule has 1 fully saturated rings. The van der Waals surface area contributed by atoms with Crippen LogP contribution in [0.4, 0.5) is 0 Å². The second-order valence-corrected chi connectivity index (χ2v) is 6.26. The molecule has 0 radical (unpaired) electrons. The monoisotopic (exact) mass is 267 g/mol. The fourth-order valence-electron chi connectivity index (χ4n) is 3.04. The third-order valence-corrected chi connectivity index (χ3v) is 4.99. The van der Waals surface area contributed by atoms with Gasteiger partial charge in [-0.25, -0.2) is 0 Å². The Kier molecular flexibility index (Phi) is 5.57. The van der Waals surface area contributed by atoms with E-state index in [9.17, 15) is 0 Å². The van der Waals surface area contributed by atoms with Crippen LogP contribution in [-0.2, 0) is 0 Å². The first-order chi connectivity index (χ1) is 8.85. The van der Waals surface area contributed by atoms with Gasteiger partial charge in [0.1, 0.15) is 0 Å². The number of hydrogen-bond acceptors (Lipinski definition) is 4. The fraction of sp³-hybridized carbons (Fsp3) is 0.857. The lowest BCUT2D eigenvalue weighted by atomic mass is 9.77. The van der Waals surface area contributed by atoms with E-state index in [0.29, 0.717) is 6.04 Å². The van der Waals surface area contributed by atoms with Crippen LogP contribution < -0.4 is 5.32 Å². The zero-order chi connectivity index (χ0) is 12.8. The van der Waals surface area contributed by atoms with Crippen LogP contribution in [0, 0.1) is 11.8 Å². The van der Waals surface area contributed by atoms with E-state index in [-0.39, 0.29) is 0 Å². The summed E-state index contributed by atoms with van der Waals surface area (Å²) in [7, 11) is 0. The quantitative estimate of drug-likeness (QED) is 0.852. The highest BCUT2D eigenvalue weighted by atomic mass is 32.1. The summed E-state index contributed by atoms with van der Waals surface area (Å²) < 4.78 is 4.03. The molecule has 0 spiro atoms. The number of hydrogen-bond donors (Lipinski definition) is 1. The van der Waals surface area contributed by atoms with Gasteiger partial charge in [0.2, 0.25) is 0 Å². The van der Waals surface area contributed by atoms with Gasteiger partial charge in [-0.05, 0) is 49.2 Å². The molecule has 1 saturated carbocycles. The van der Waals surface area contributed by atoms with E-state index in [2.05, 4.69) is 28.8 Å². The van der Waals surface area contributed by atoms with Gasteiger partial charge in [0.15, 0.2) is 0 Å². The van der Waals surface area contributed by atoms with E-state index < -0.39 is 0 Å². The summed E-state index contributed by atoms with van der Waals surface area (Å²) >= 11 is 1.56. The Morgan fingerprint density at radius 1 is 1.33 bits per heavy atom. The van der Waals surface area contributed by atoms with E-state index in [4.69, 9.17) is 0 Å². The zero-order valence-corrected chi connectivity index (χ0v) is 12.4. The van der Waals surface area contributed by atoms with Crippen LogP contribution in [0.15, 0.2) is 6.20 Å². The van der Waals surface area contributed by atoms with Crippen LogP contribution in [0.3, 0.4) is 0 Å². The van der Waals surface area contributed by atoms with Gasteiger partial charge < -0.3 is 5.32 Å². The number of nitrogens with one attached hydrogen (secondary N) is 1. The second-order valence-electron chi connectivity index (χ2n) is 5.44. The van der Waals surface area contributed by atoms with Gasteiger partial charge in [-0.3, -0.25) is 0 Å². The van der Waals surface area contributed by atoms with E-state index in [1.807, 2.05) is 6.20 Å². The molecule has 18 heavy (non-hydrogen) atoms. The molecule has 1 aliphatic rings. The molecule has 0 saturated heterocycles. The average molecular weight is 267 g/mol. The molecule has 0 aliphatic heterocycles. The molecular formula is C14H25N3S. The molecule has 102 valence electrons. The maximum absolute atomic E-state index is 4.03.